The molecule has 1 aromatic rings. The Balaban J connectivity index is 1.96. The summed E-state index contributed by atoms with van der Waals surface area (Å²) in [5.41, 5.74) is 1.17. The maximum absolute atomic E-state index is 12.3. The fourth-order valence-electron chi connectivity index (χ4n) is 2.61. The monoisotopic (exact) mass is 294 g/mol. The Morgan fingerprint density at radius 2 is 2.10 bits per heavy atom. The lowest BCUT2D eigenvalue weighted by Crippen LogP contribution is -2.40. The first-order chi connectivity index (χ1) is 9.58. The summed E-state index contributed by atoms with van der Waals surface area (Å²) in [5, 5.41) is 3.76. The number of nitrogens with zero attached hydrogens (tertiary/aromatic N) is 1. The molecule has 110 valence electrons. The van der Waals surface area contributed by atoms with Crippen LogP contribution in [0, 0.1) is 5.92 Å². The van der Waals surface area contributed by atoms with Crippen molar-refractivity contribution in [2.75, 3.05) is 13.1 Å². The summed E-state index contributed by atoms with van der Waals surface area (Å²) in [6, 6.07) is 8.07. The minimum atomic E-state index is 0.0584. The van der Waals surface area contributed by atoms with Gasteiger partial charge in [-0.15, -0.1) is 0 Å². The maximum atomic E-state index is 12.3. The lowest BCUT2D eigenvalue weighted by molar-refractivity contribution is 0.192. The Morgan fingerprint density at radius 1 is 1.40 bits per heavy atom. The van der Waals surface area contributed by atoms with Crippen LogP contribution in [0.4, 0.5) is 4.79 Å². The maximum Gasteiger partial charge on any atom is 0.317 e. The van der Waals surface area contributed by atoms with E-state index in [1.165, 1.54) is 5.56 Å². The Morgan fingerprint density at radius 3 is 2.75 bits per heavy atom. The van der Waals surface area contributed by atoms with Gasteiger partial charge in [0.15, 0.2) is 0 Å². The molecule has 1 N–H and O–H groups in total. The van der Waals surface area contributed by atoms with E-state index >= 15 is 0 Å². The highest BCUT2D eigenvalue weighted by atomic mass is 35.5. The molecule has 0 radical (unpaired) electrons. The minimum absolute atomic E-state index is 0.0584. The topological polar surface area (TPSA) is 32.3 Å². The van der Waals surface area contributed by atoms with E-state index in [0.717, 1.165) is 37.4 Å². The summed E-state index contributed by atoms with van der Waals surface area (Å²) in [5.74, 6) is 0.612. The number of benzene rings is 1. The lowest BCUT2D eigenvalue weighted by atomic mass is 10.1. The van der Waals surface area contributed by atoms with Crippen LogP contribution in [0.25, 0.3) is 0 Å². The number of likely N-dealkylation sites (tertiary alicyclic amines) is 1. The summed E-state index contributed by atoms with van der Waals surface area (Å²) in [6.45, 7) is 5.91. The fraction of sp³-hybridized carbons (Fsp3) is 0.562. The van der Waals surface area contributed by atoms with Crippen molar-refractivity contribution in [2.24, 2.45) is 5.92 Å². The highest BCUT2D eigenvalue weighted by molar-refractivity contribution is 6.30. The largest absolute Gasteiger partial charge is 0.338 e. The van der Waals surface area contributed by atoms with Crippen molar-refractivity contribution in [1.29, 1.82) is 0 Å². The van der Waals surface area contributed by atoms with Crippen LogP contribution >= 0.6 is 11.6 Å². The summed E-state index contributed by atoms with van der Waals surface area (Å²) >= 11 is 5.92. The highest BCUT2D eigenvalue weighted by Gasteiger charge is 2.29. The van der Waals surface area contributed by atoms with Crippen LogP contribution in [0.2, 0.25) is 5.02 Å². The van der Waals surface area contributed by atoms with Crippen molar-refractivity contribution in [1.82, 2.24) is 10.2 Å². The average Bonchev–Trinajstić information content (AvgIpc) is 2.88. The number of hydrogen-bond donors (Lipinski definition) is 1. The average molecular weight is 295 g/mol. The first-order valence-corrected chi connectivity index (χ1v) is 7.75. The molecule has 0 unspecified atom stereocenters. The van der Waals surface area contributed by atoms with E-state index < -0.39 is 0 Å². The van der Waals surface area contributed by atoms with E-state index in [1.54, 1.807) is 0 Å². The van der Waals surface area contributed by atoms with E-state index in [1.807, 2.05) is 29.2 Å². The molecule has 1 heterocycles. The standard InChI is InChI=1S/C16H23ClN2O/c1-12(2)9-10-18-16(20)19-11-3-4-15(19)13-5-7-14(17)8-6-13/h5-8,12,15H,3-4,9-11H2,1-2H3,(H,18,20)/t15-/m1/s1. The third kappa shape index (κ3) is 3.89. The summed E-state index contributed by atoms with van der Waals surface area (Å²) in [7, 11) is 0. The first kappa shape index (κ1) is 15.2. The van der Waals surface area contributed by atoms with Gasteiger partial charge in [-0.2, -0.15) is 0 Å². The van der Waals surface area contributed by atoms with Crippen LogP contribution in [0.15, 0.2) is 24.3 Å². The van der Waals surface area contributed by atoms with Crippen LogP contribution < -0.4 is 5.32 Å². The number of halogens is 1. The number of urea groups is 1. The van der Waals surface area contributed by atoms with Gasteiger partial charge >= 0.3 is 6.03 Å². The minimum Gasteiger partial charge on any atom is -0.338 e. The molecule has 1 fully saturated rings. The van der Waals surface area contributed by atoms with Crippen molar-refractivity contribution in [3.05, 3.63) is 34.9 Å². The molecule has 1 atom stereocenters. The van der Waals surface area contributed by atoms with E-state index in [4.69, 9.17) is 11.6 Å². The number of carbonyl (C=O) groups excluding carboxylic acids is 1. The normalized spacial score (nSPS) is 18.6. The number of carbonyl (C=O) groups is 1. The predicted molar refractivity (Wildman–Crippen MR) is 83.0 cm³/mol. The van der Waals surface area contributed by atoms with Gasteiger partial charge in [-0.3, -0.25) is 0 Å². The Hall–Kier alpha value is -1.22. The Kier molecular flexibility index (Phi) is 5.30. The highest BCUT2D eigenvalue weighted by Crippen LogP contribution is 2.32. The summed E-state index contributed by atoms with van der Waals surface area (Å²) in [6.07, 6.45) is 3.11. The van der Waals surface area contributed by atoms with E-state index in [-0.39, 0.29) is 12.1 Å². The molecule has 2 amide bonds. The van der Waals surface area contributed by atoms with Gasteiger partial charge in [0.1, 0.15) is 0 Å². The molecule has 1 saturated heterocycles. The van der Waals surface area contributed by atoms with Crippen LogP contribution in [0.3, 0.4) is 0 Å². The van der Waals surface area contributed by atoms with Crippen LogP contribution in [-0.2, 0) is 0 Å². The molecule has 0 spiro atoms. The van der Waals surface area contributed by atoms with Gasteiger partial charge in [-0.1, -0.05) is 37.6 Å². The molecule has 2 rings (SSSR count). The van der Waals surface area contributed by atoms with Crippen molar-refractivity contribution >= 4 is 17.6 Å². The molecule has 3 nitrogen and oxygen atoms in total. The molecular weight excluding hydrogens is 272 g/mol. The van der Waals surface area contributed by atoms with E-state index in [2.05, 4.69) is 19.2 Å². The zero-order chi connectivity index (χ0) is 14.5. The SMILES string of the molecule is CC(C)CCNC(=O)N1CCC[C@@H]1c1ccc(Cl)cc1. The second-order valence-electron chi connectivity index (χ2n) is 5.82. The van der Waals surface area contributed by atoms with Gasteiger partial charge in [0, 0.05) is 18.1 Å². The van der Waals surface area contributed by atoms with Crippen molar-refractivity contribution in [3.63, 3.8) is 0 Å². The summed E-state index contributed by atoms with van der Waals surface area (Å²) in [4.78, 5) is 14.2. The van der Waals surface area contributed by atoms with Crippen LogP contribution in [0.1, 0.15) is 44.7 Å². The van der Waals surface area contributed by atoms with Gasteiger partial charge in [0.25, 0.3) is 0 Å². The van der Waals surface area contributed by atoms with Crippen molar-refractivity contribution < 1.29 is 4.79 Å². The first-order valence-electron chi connectivity index (χ1n) is 7.38. The third-order valence-electron chi connectivity index (χ3n) is 3.77. The molecule has 1 aliphatic rings. The Bertz CT molecular complexity index is 444. The number of hydrogen-bond acceptors (Lipinski definition) is 1. The molecule has 0 saturated carbocycles. The van der Waals surface area contributed by atoms with E-state index in [0.29, 0.717) is 5.92 Å². The zero-order valence-electron chi connectivity index (χ0n) is 12.2. The zero-order valence-corrected chi connectivity index (χ0v) is 13.0. The summed E-state index contributed by atoms with van der Waals surface area (Å²) < 4.78 is 0. The van der Waals surface area contributed by atoms with Crippen molar-refractivity contribution in [2.45, 2.75) is 39.2 Å². The van der Waals surface area contributed by atoms with Gasteiger partial charge in [-0.25, -0.2) is 4.79 Å². The second kappa shape index (κ2) is 6.98. The van der Waals surface area contributed by atoms with E-state index in [9.17, 15) is 4.79 Å². The fourth-order valence-corrected chi connectivity index (χ4v) is 2.74. The quantitative estimate of drug-likeness (QED) is 0.885. The Labute approximate surface area is 126 Å². The number of rotatable bonds is 4. The molecule has 0 aromatic heterocycles. The van der Waals surface area contributed by atoms with Gasteiger partial charge in [0.2, 0.25) is 0 Å². The molecular formula is C16H23ClN2O. The number of nitrogens with one attached hydrogen (secondary N) is 1. The molecule has 4 heteroatoms. The van der Waals surface area contributed by atoms with Crippen LogP contribution in [-0.4, -0.2) is 24.0 Å². The predicted octanol–water partition coefficient (Wildman–Crippen LogP) is 4.23. The van der Waals surface area contributed by atoms with Gasteiger partial charge in [0.05, 0.1) is 6.04 Å². The molecule has 20 heavy (non-hydrogen) atoms. The lowest BCUT2D eigenvalue weighted by Gasteiger charge is -2.25. The molecule has 0 aliphatic carbocycles. The number of amides is 2. The van der Waals surface area contributed by atoms with Crippen molar-refractivity contribution in [3.8, 4) is 0 Å². The van der Waals surface area contributed by atoms with Gasteiger partial charge in [-0.05, 0) is 42.9 Å². The van der Waals surface area contributed by atoms with Gasteiger partial charge < -0.3 is 10.2 Å². The molecule has 0 bridgehead atoms. The smallest absolute Gasteiger partial charge is 0.317 e. The molecule has 1 aromatic carbocycles. The second-order valence-corrected chi connectivity index (χ2v) is 6.25. The molecule has 1 aliphatic heterocycles. The van der Waals surface area contributed by atoms with Crippen LogP contribution in [0.5, 0.6) is 0 Å². The third-order valence-corrected chi connectivity index (χ3v) is 4.02.